The van der Waals surface area contributed by atoms with Crippen molar-refractivity contribution >= 4 is 6.08 Å². The molecule has 0 unspecified atom stereocenters. The number of hydrogen-bond acceptors (Lipinski definition) is 0. The van der Waals surface area contributed by atoms with Crippen LogP contribution in [0.1, 0.15) is 102 Å². The average molecular weight is 401 g/mol. The van der Waals surface area contributed by atoms with Gasteiger partial charge in [0.15, 0.2) is 0 Å². The predicted octanol–water partition coefficient (Wildman–Crippen LogP) is 9.12. The number of rotatable bonds is 4. The summed E-state index contributed by atoms with van der Waals surface area (Å²) in [5.74, 6) is 0. The molecule has 0 spiro atoms. The van der Waals surface area contributed by atoms with Gasteiger partial charge in [-0.25, -0.2) is 0 Å². The average Bonchev–Trinajstić information content (AvgIpc) is 3.12. The van der Waals surface area contributed by atoms with Crippen LogP contribution >= 0.6 is 0 Å². The van der Waals surface area contributed by atoms with Crippen molar-refractivity contribution < 1.29 is 0 Å². The zero-order valence-corrected chi connectivity index (χ0v) is 19.7. The summed E-state index contributed by atoms with van der Waals surface area (Å²) >= 11 is 0. The molecule has 0 bridgehead atoms. The predicted molar refractivity (Wildman–Crippen MR) is 132 cm³/mol. The van der Waals surface area contributed by atoms with E-state index in [-0.39, 0.29) is 5.41 Å². The standard InChI is InChI=1S/C30H40/c1-5-30(18-9-7-6-8-10-19-30)22-23-20-25-12-11-13-27(28(25)21-23)24-14-16-26(17-15-24)29(2,3)4/h11-17,21H,5-10,18-20,22H2,1-4H3. The summed E-state index contributed by atoms with van der Waals surface area (Å²) in [5.41, 5.74) is 9.60. The highest BCUT2D eigenvalue weighted by Crippen LogP contribution is 2.45. The van der Waals surface area contributed by atoms with E-state index in [0.717, 1.165) is 6.42 Å². The summed E-state index contributed by atoms with van der Waals surface area (Å²) < 4.78 is 0. The Morgan fingerprint density at radius 3 is 2.13 bits per heavy atom. The highest BCUT2D eigenvalue weighted by molar-refractivity contribution is 5.81. The van der Waals surface area contributed by atoms with Crippen LogP contribution in [0.2, 0.25) is 0 Å². The third-order valence-corrected chi connectivity index (χ3v) is 7.79. The van der Waals surface area contributed by atoms with Crippen LogP contribution in [0.4, 0.5) is 0 Å². The lowest BCUT2D eigenvalue weighted by molar-refractivity contribution is 0.198. The van der Waals surface area contributed by atoms with Crippen LogP contribution in [0.25, 0.3) is 17.2 Å². The molecule has 0 nitrogen and oxygen atoms in total. The van der Waals surface area contributed by atoms with Gasteiger partial charge in [0.2, 0.25) is 0 Å². The lowest BCUT2D eigenvalue weighted by Crippen LogP contribution is -2.22. The zero-order chi connectivity index (χ0) is 21.2. The van der Waals surface area contributed by atoms with Gasteiger partial charge in [-0.2, -0.15) is 0 Å². The fourth-order valence-corrected chi connectivity index (χ4v) is 5.74. The van der Waals surface area contributed by atoms with Crippen molar-refractivity contribution in [3.05, 3.63) is 64.7 Å². The summed E-state index contributed by atoms with van der Waals surface area (Å²) in [6.45, 7) is 9.30. The van der Waals surface area contributed by atoms with Crippen LogP contribution in [-0.2, 0) is 11.8 Å². The van der Waals surface area contributed by atoms with Crippen LogP contribution in [0.15, 0.2) is 48.0 Å². The minimum atomic E-state index is 0.205. The van der Waals surface area contributed by atoms with Crippen LogP contribution in [-0.4, -0.2) is 0 Å². The third-order valence-electron chi connectivity index (χ3n) is 7.79. The minimum absolute atomic E-state index is 0.205. The van der Waals surface area contributed by atoms with Crippen molar-refractivity contribution in [2.75, 3.05) is 0 Å². The molecule has 0 aliphatic heterocycles. The first-order valence-electron chi connectivity index (χ1n) is 12.3. The van der Waals surface area contributed by atoms with Gasteiger partial charge in [0, 0.05) is 0 Å². The normalized spacial score (nSPS) is 19.0. The highest BCUT2D eigenvalue weighted by Gasteiger charge is 2.31. The molecule has 2 aromatic carbocycles. The Balaban J connectivity index is 1.59. The summed E-state index contributed by atoms with van der Waals surface area (Å²) in [6, 6.07) is 16.2. The van der Waals surface area contributed by atoms with Crippen molar-refractivity contribution in [3.63, 3.8) is 0 Å². The fraction of sp³-hybridized carbons (Fsp3) is 0.533. The third kappa shape index (κ3) is 4.58. The molecule has 0 aromatic heterocycles. The van der Waals surface area contributed by atoms with Crippen molar-refractivity contribution in [2.24, 2.45) is 5.41 Å². The molecule has 0 amide bonds. The minimum Gasteiger partial charge on any atom is -0.0648 e. The Labute approximate surface area is 184 Å². The maximum absolute atomic E-state index is 2.55. The van der Waals surface area contributed by atoms with Crippen LogP contribution in [0.3, 0.4) is 0 Å². The van der Waals surface area contributed by atoms with Gasteiger partial charge in [-0.05, 0) is 64.3 Å². The summed E-state index contributed by atoms with van der Waals surface area (Å²) in [4.78, 5) is 0. The Morgan fingerprint density at radius 2 is 1.50 bits per heavy atom. The van der Waals surface area contributed by atoms with Crippen molar-refractivity contribution in [1.29, 1.82) is 0 Å². The molecule has 2 aromatic rings. The van der Waals surface area contributed by atoms with Gasteiger partial charge in [0.05, 0.1) is 0 Å². The molecule has 2 aliphatic rings. The van der Waals surface area contributed by atoms with Crippen molar-refractivity contribution in [1.82, 2.24) is 0 Å². The molecule has 2 aliphatic carbocycles. The Kier molecular flexibility index (Phi) is 6.24. The number of hydrogen-bond donors (Lipinski definition) is 0. The lowest BCUT2D eigenvalue weighted by Gasteiger charge is -2.35. The lowest BCUT2D eigenvalue weighted by atomic mass is 9.70. The van der Waals surface area contributed by atoms with Gasteiger partial charge < -0.3 is 0 Å². The van der Waals surface area contributed by atoms with Crippen molar-refractivity contribution in [2.45, 2.75) is 97.3 Å². The van der Waals surface area contributed by atoms with E-state index in [1.54, 1.807) is 5.57 Å². The molecule has 4 rings (SSSR count). The van der Waals surface area contributed by atoms with E-state index in [9.17, 15) is 0 Å². The van der Waals surface area contributed by atoms with E-state index in [2.05, 4.69) is 76.2 Å². The molecule has 0 heteroatoms. The second kappa shape index (κ2) is 8.74. The second-order valence-corrected chi connectivity index (χ2v) is 11.0. The monoisotopic (exact) mass is 400 g/mol. The SMILES string of the molecule is CCC1(CC2=Cc3c(cccc3-c3ccc(C(C)(C)C)cc3)C2)CCCCCCC1. The molecular formula is C30H40. The molecule has 0 N–H and O–H groups in total. The highest BCUT2D eigenvalue weighted by atomic mass is 14.4. The fourth-order valence-electron chi connectivity index (χ4n) is 5.74. The molecule has 0 atom stereocenters. The van der Waals surface area contributed by atoms with Gasteiger partial charge in [-0.1, -0.05) is 120 Å². The number of benzene rings is 2. The zero-order valence-electron chi connectivity index (χ0n) is 19.7. The van der Waals surface area contributed by atoms with Gasteiger partial charge >= 0.3 is 0 Å². The van der Waals surface area contributed by atoms with Gasteiger partial charge in [-0.3, -0.25) is 0 Å². The Bertz CT molecular complexity index is 881. The van der Waals surface area contributed by atoms with E-state index < -0.39 is 0 Å². The molecule has 30 heavy (non-hydrogen) atoms. The first-order chi connectivity index (χ1) is 14.4. The first-order valence-corrected chi connectivity index (χ1v) is 12.3. The second-order valence-electron chi connectivity index (χ2n) is 11.0. The topological polar surface area (TPSA) is 0 Å². The summed E-state index contributed by atoms with van der Waals surface area (Å²) in [7, 11) is 0. The first kappa shape index (κ1) is 21.4. The number of fused-ring (bicyclic) bond motifs is 1. The molecular weight excluding hydrogens is 360 g/mol. The Morgan fingerprint density at radius 1 is 0.833 bits per heavy atom. The number of allylic oxidation sites excluding steroid dienone is 1. The van der Waals surface area contributed by atoms with Crippen molar-refractivity contribution in [3.8, 4) is 11.1 Å². The quantitative estimate of drug-likeness (QED) is 0.480. The maximum Gasteiger partial charge on any atom is -0.00574 e. The molecule has 0 saturated heterocycles. The largest absolute Gasteiger partial charge is 0.0648 e. The molecule has 1 saturated carbocycles. The van der Waals surface area contributed by atoms with Crippen LogP contribution < -0.4 is 0 Å². The molecule has 0 radical (unpaired) electrons. The Hall–Kier alpha value is -1.82. The van der Waals surface area contributed by atoms with Gasteiger partial charge in [-0.15, -0.1) is 0 Å². The molecule has 1 fully saturated rings. The van der Waals surface area contributed by atoms with E-state index in [4.69, 9.17) is 0 Å². The van der Waals surface area contributed by atoms with E-state index in [0.29, 0.717) is 5.41 Å². The van der Waals surface area contributed by atoms with E-state index in [1.165, 1.54) is 85.6 Å². The smallest absolute Gasteiger partial charge is 0.00574 e. The van der Waals surface area contributed by atoms with Crippen LogP contribution in [0.5, 0.6) is 0 Å². The van der Waals surface area contributed by atoms with Gasteiger partial charge in [0.1, 0.15) is 0 Å². The van der Waals surface area contributed by atoms with E-state index >= 15 is 0 Å². The summed E-state index contributed by atoms with van der Waals surface area (Å²) in [5, 5.41) is 0. The molecule has 0 heterocycles. The van der Waals surface area contributed by atoms with E-state index in [1.807, 2.05) is 0 Å². The summed E-state index contributed by atoms with van der Waals surface area (Å²) in [6.07, 6.45) is 16.4. The van der Waals surface area contributed by atoms with Crippen LogP contribution in [0, 0.1) is 5.41 Å². The maximum atomic E-state index is 2.55. The molecule has 160 valence electrons. The van der Waals surface area contributed by atoms with Gasteiger partial charge in [0.25, 0.3) is 0 Å².